The second kappa shape index (κ2) is 5.86. The molecule has 0 bridgehead atoms. The molecule has 0 radical (unpaired) electrons. The van der Waals surface area contributed by atoms with Crippen LogP contribution in [-0.2, 0) is 10.8 Å². The van der Waals surface area contributed by atoms with Crippen LogP contribution in [-0.4, -0.2) is 21.3 Å². The summed E-state index contributed by atoms with van der Waals surface area (Å²) in [6.07, 6.45) is 5.66. The number of nitrogens with two attached hydrogens (primary N) is 1. The third-order valence-corrected chi connectivity index (χ3v) is 5.36. The molecule has 0 spiro atoms. The SMILES string of the molecule is CCCCCS(=O)C1CCC(N)C1C. The number of hydrogen-bond acceptors (Lipinski definition) is 2. The zero-order valence-corrected chi connectivity index (χ0v) is 10.2. The first-order valence-corrected chi connectivity index (χ1v) is 7.17. The van der Waals surface area contributed by atoms with Crippen LogP contribution in [0.4, 0.5) is 0 Å². The Hall–Kier alpha value is 0.110. The lowest BCUT2D eigenvalue weighted by molar-refractivity contribution is 0.526. The van der Waals surface area contributed by atoms with Crippen LogP contribution in [0.25, 0.3) is 0 Å². The molecule has 1 aliphatic rings. The van der Waals surface area contributed by atoms with Gasteiger partial charge >= 0.3 is 0 Å². The molecule has 14 heavy (non-hydrogen) atoms. The lowest BCUT2D eigenvalue weighted by Crippen LogP contribution is -2.30. The molecule has 2 nitrogen and oxygen atoms in total. The highest BCUT2D eigenvalue weighted by Gasteiger charge is 2.33. The van der Waals surface area contributed by atoms with E-state index in [1.807, 2.05) is 0 Å². The minimum atomic E-state index is -0.628. The van der Waals surface area contributed by atoms with Crippen LogP contribution in [0.15, 0.2) is 0 Å². The van der Waals surface area contributed by atoms with Gasteiger partial charge in [-0.25, -0.2) is 0 Å². The second-order valence-corrected chi connectivity index (χ2v) is 6.21. The summed E-state index contributed by atoms with van der Waals surface area (Å²) in [4.78, 5) is 0. The summed E-state index contributed by atoms with van der Waals surface area (Å²) >= 11 is 0. The van der Waals surface area contributed by atoms with E-state index in [4.69, 9.17) is 5.73 Å². The molecule has 84 valence electrons. The average molecular weight is 217 g/mol. The monoisotopic (exact) mass is 217 g/mol. The molecule has 0 saturated heterocycles. The van der Waals surface area contributed by atoms with Crippen molar-refractivity contribution in [1.82, 2.24) is 0 Å². The van der Waals surface area contributed by atoms with Crippen LogP contribution in [0.3, 0.4) is 0 Å². The highest BCUT2D eigenvalue weighted by molar-refractivity contribution is 7.85. The van der Waals surface area contributed by atoms with Gasteiger partial charge in [0, 0.05) is 27.8 Å². The van der Waals surface area contributed by atoms with E-state index in [9.17, 15) is 4.21 Å². The Morgan fingerprint density at radius 1 is 1.36 bits per heavy atom. The van der Waals surface area contributed by atoms with E-state index >= 15 is 0 Å². The molecule has 0 aromatic carbocycles. The first-order chi connectivity index (χ1) is 6.66. The minimum absolute atomic E-state index is 0.287. The molecule has 0 aromatic heterocycles. The molecule has 3 heteroatoms. The van der Waals surface area contributed by atoms with Crippen LogP contribution in [0.2, 0.25) is 0 Å². The Morgan fingerprint density at radius 2 is 2.07 bits per heavy atom. The van der Waals surface area contributed by atoms with Gasteiger partial charge in [-0.3, -0.25) is 4.21 Å². The largest absolute Gasteiger partial charge is 0.327 e. The van der Waals surface area contributed by atoms with Crippen molar-refractivity contribution in [2.45, 2.75) is 57.2 Å². The summed E-state index contributed by atoms with van der Waals surface area (Å²) < 4.78 is 11.9. The Kier molecular flexibility index (Phi) is 5.10. The fraction of sp³-hybridized carbons (Fsp3) is 1.00. The number of rotatable bonds is 5. The van der Waals surface area contributed by atoms with Crippen molar-refractivity contribution < 1.29 is 4.21 Å². The zero-order valence-electron chi connectivity index (χ0n) is 9.37. The topological polar surface area (TPSA) is 43.1 Å². The van der Waals surface area contributed by atoms with Crippen LogP contribution in [0, 0.1) is 5.92 Å². The van der Waals surface area contributed by atoms with Crippen molar-refractivity contribution in [1.29, 1.82) is 0 Å². The summed E-state index contributed by atoms with van der Waals surface area (Å²) in [6, 6.07) is 0.287. The molecule has 1 fully saturated rings. The lowest BCUT2D eigenvalue weighted by atomic mass is 10.1. The van der Waals surface area contributed by atoms with Gasteiger partial charge in [0.05, 0.1) is 0 Å². The van der Waals surface area contributed by atoms with Gasteiger partial charge in [-0.1, -0.05) is 26.7 Å². The number of unbranched alkanes of at least 4 members (excludes halogenated alkanes) is 2. The van der Waals surface area contributed by atoms with Crippen molar-refractivity contribution >= 4 is 10.8 Å². The van der Waals surface area contributed by atoms with E-state index in [0.717, 1.165) is 25.0 Å². The summed E-state index contributed by atoms with van der Waals surface area (Å²) in [5.41, 5.74) is 5.93. The van der Waals surface area contributed by atoms with Gasteiger partial charge < -0.3 is 5.73 Å². The third kappa shape index (κ3) is 3.06. The van der Waals surface area contributed by atoms with Crippen LogP contribution >= 0.6 is 0 Å². The average Bonchev–Trinajstić information content (AvgIpc) is 2.48. The molecular formula is C11H23NOS. The molecule has 1 rings (SSSR count). The van der Waals surface area contributed by atoms with E-state index in [1.165, 1.54) is 12.8 Å². The molecule has 0 aliphatic heterocycles. The van der Waals surface area contributed by atoms with Crippen molar-refractivity contribution in [3.05, 3.63) is 0 Å². The van der Waals surface area contributed by atoms with E-state index in [2.05, 4.69) is 13.8 Å². The summed E-state index contributed by atoms with van der Waals surface area (Å²) in [6.45, 7) is 4.33. The minimum Gasteiger partial charge on any atom is -0.327 e. The fourth-order valence-electron chi connectivity index (χ4n) is 2.17. The predicted molar refractivity (Wildman–Crippen MR) is 62.7 cm³/mol. The molecule has 4 unspecified atom stereocenters. The van der Waals surface area contributed by atoms with Crippen LogP contribution in [0.1, 0.15) is 46.0 Å². The number of hydrogen-bond donors (Lipinski definition) is 1. The van der Waals surface area contributed by atoms with Gasteiger partial charge in [-0.2, -0.15) is 0 Å². The summed E-state index contributed by atoms with van der Waals surface area (Å²) in [7, 11) is -0.628. The predicted octanol–water partition coefficient (Wildman–Crippen LogP) is 2.05. The first-order valence-electron chi connectivity index (χ1n) is 5.79. The van der Waals surface area contributed by atoms with Gasteiger partial charge in [0.2, 0.25) is 0 Å². The molecule has 0 aromatic rings. The molecule has 1 aliphatic carbocycles. The van der Waals surface area contributed by atoms with Crippen molar-refractivity contribution in [3.8, 4) is 0 Å². The van der Waals surface area contributed by atoms with Crippen LogP contribution in [0.5, 0.6) is 0 Å². The lowest BCUT2D eigenvalue weighted by Gasteiger charge is -2.17. The normalized spacial score (nSPS) is 34.6. The van der Waals surface area contributed by atoms with E-state index in [-0.39, 0.29) is 6.04 Å². The van der Waals surface area contributed by atoms with E-state index in [1.54, 1.807) is 0 Å². The zero-order chi connectivity index (χ0) is 10.6. The highest BCUT2D eigenvalue weighted by Crippen LogP contribution is 2.28. The third-order valence-electron chi connectivity index (χ3n) is 3.33. The second-order valence-electron chi connectivity index (χ2n) is 4.43. The molecule has 4 atom stereocenters. The maximum absolute atomic E-state index is 11.9. The molecular weight excluding hydrogens is 194 g/mol. The van der Waals surface area contributed by atoms with Crippen molar-refractivity contribution in [2.75, 3.05) is 5.75 Å². The Morgan fingerprint density at radius 3 is 2.57 bits per heavy atom. The maximum atomic E-state index is 11.9. The van der Waals surface area contributed by atoms with Gasteiger partial charge in [0.25, 0.3) is 0 Å². The molecule has 0 heterocycles. The molecule has 2 N–H and O–H groups in total. The Labute approximate surface area is 90.1 Å². The van der Waals surface area contributed by atoms with Gasteiger partial charge in [0.1, 0.15) is 0 Å². The first kappa shape index (κ1) is 12.2. The standard InChI is InChI=1S/C11H23NOS/c1-3-4-5-8-14(13)11-7-6-10(12)9(11)2/h9-11H,3-8,12H2,1-2H3. The maximum Gasteiger partial charge on any atom is 0.0388 e. The van der Waals surface area contributed by atoms with Gasteiger partial charge in [-0.15, -0.1) is 0 Å². The summed E-state index contributed by atoms with van der Waals surface area (Å²) in [5.74, 6) is 1.34. The van der Waals surface area contributed by atoms with Gasteiger partial charge in [-0.05, 0) is 25.2 Å². The fourth-order valence-corrected chi connectivity index (χ4v) is 4.05. The van der Waals surface area contributed by atoms with E-state index < -0.39 is 10.8 Å². The van der Waals surface area contributed by atoms with Gasteiger partial charge in [0.15, 0.2) is 0 Å². The van der Waals surface area contributed by atoms with E-state index in [0.29, 0.717) is 11.2 Å². The smallest absolute Gasteiger partial charge is 0.0388 e. The highest BCUT2D eigenvalue weighted by atomic mass is 32.2. The molecule has 0 amide bonds. The van der Waals surface area contributed by atoms with Crippen molar-refractivity contribution in [3.63, 3.8) is 0 Å². The van der Waals surface area contributed by atoms with Crippen LogP contribution < -0.4 is 5.73 Å². The Balaban J connectivity index is 2.30. The quantitative estimate of drug-likeness (QED) is 0.716. The Bertz CT molecular complexity index is 196. The summed E-state index contributed by atoms with van der Waals surface area (Å²) in [5, 5.41) is 0.377. The van der Waals surface area contributed by atoms with Crippen molar-refractivity contribution in [2.24, 2.45) is 11.7 Å². The molecule has 1 saturated carbocycles.